The monoisotopic (exact) mass is 625 g/mol. The SMILES string of the molecule is CN(Cc1ccc(C(F)(F)F)c(F)c1)C(=O)C(C)(CCN1CCC(NCS(C)(=O)=O)CC1)c1ccc(Cl)c(Cl)c1. The van der Waals surface area contributed by atoms with Crippen LogP contribution in [0.5, 0.6) is 0 Å². The van der Waals surface area contributed by atoms with Crippen molar-refractivity contribution in [3.05, 3.63) is 69.0 Å². The summed E-state index contributed by atoms with van der Waals surface area (Å²) in [5, 5.41) is 3.68. The first-order valence-electron chi connectivity index (χ1n) is 12.7. The molecule has 0 bridgehead atoms. The number of alkyl halides is 3. The molecule has 1 aliphatic rings. The van der Waals surface area contributed by atoms with E-state index >= 15 is 0 Å². The third-order valence-electron chi connectivity index (χ3n) is 7.28. The lowest BCUT2D eigenvalue weighted by Crippen LogP contribution is -2.47. The number of carbonyl (C=O) groups is 1. The molecule has 1 N–H and O–H groups in total. The summed E-state index contributed by atoms with van der Waals surface area (Å²) in [6.07, 6.45) is -1.72. The fraction of sp³-hybridized carbons (Fsp3) is 0.519. The van der Waals surface area contributed by atoms with E-state index in [2.05, 4.69) is 10.2 Å². The van der Waals surface area contributed by atoms with Gasteiger partial charge in [-0.3, -0.25) is 4.79 Å². The number of halogens is 6. The number of hydrogen-bond donors (Lipinski definition) is 1. The second-order valence-electron chi connectivity index (χ2n) is 10.6. The van der Waals surface area contributed by atoms with Gasteiger partial charge in [0.2, 0.25) is 5.91 Å². The Morgan fingerprint density at radius 2 is 1.75 bits per heavy atom. The van der Waals surface area contributed by atoms with Gasteiger partial charge in [-0.15, -0.1) is 0 Å². The van der Waals surface area contributed by atoms with E-state index in [1.165, 1.54) is 18.2 Å². The third kappa shape index (κ3) is 8.55. The molecule has 13 heteroatoms. The zero-order valence-corrected chi connectivity index (χ0v) is 24.8. The summed E-state index contributed by atoms with van der Waals surface area (Å²) in [4.78, 5) is 17.4. The van der Waals surface area contributed by atoms with Crippen molar-refractivity contribution in [3.63, 3.8) is 0 Å². The summed E-state index contributed by atoms with van der Waals surface area (Å²) in [5.74, 6) is -1.78. The summed E-state index contributed by atoms with van der Waals surface area (Å²) < 4.78 is 75.9. The van der Waals surface area contributed by atoms with Crippen LogP contribution in [0.3, 0.4) is 0 Å². The molecule has 0 saturated carbocycles. The lowest BCUT2D eigenvalue weighted by Gasteiger charge is -2.37. The average molecular weight is 627 g/mol. The van der Waals surface area contributed by atoms with Crippen LogP contribution in [0.1, 0.15) is 42.9 Å². The molecule has 6 nitrogen and oxygen atoms in total. The van der Waals surface area contributed by atoms with E-state index in [0.717, 1.165) is 25.0 Å². The highest BCUT2D eigenvalue weighted by molar-refractivity contribution is 7.90. The fourth-order valence-corrected chi connectivity index (χ4v) is 5.72. The Morgan fingerprint density at radius 1 is 1.10 bits per heavy atom. The Kier molecular flexibility index (Phi) is 10.5. The molecule has 1 atom stereocenters. The van der Waals surface area contributed by atoms with Crippen LogP contribution in [0.4, 0.5) is 17.6 Å². The summed E-state index contributed by atoms with van der Waals surface area (Å²) in [7, 11) is -1.59. The second kappa shape index (κ2) is 12.9. The van der Waals surface area contributed by atoms with Crippen LogP contribution in [0.25, 0.3) is 0 Å². The predicted molar refractivity (Wildman–Crippen MR) is 149 cm³/mol. The van der Waals surface area contributed by atoms with Crippen molar-refractivity contribution in [2.75, 3.05) is 38.8 Å². The maximum absolute atomic E-state index is 14.1. The summed E-state index contributed by atoms with van der Waals surface area (Å²) in [6.45, 7) is 3.67. The molecule has 2 aromatic rings. The van der Waals surface area contributed by atoms with Gasteiger partial charge in [-0.25, -0.2) is 12.8 Å². The average Bonchev–Trinajstić information content (AvgIpc) is 2.86. The van der Waals surface area contributed by atoms with Crippen molar-refractivity contribution >= 4 is 38.9 Å². The molecule has 2 aromatic carbocycles. The normalized spacial score (nSPS) is 17.0. The number of nitrogens with one attached hydrogen (secondary N) is 1. The van der Waals surface area contributed by atoms with Crippen molar-refractivity contribution in [2.24, 2.45) is 0 Å². The Balaban J connectivity index is 1.75. The molecule has 1 heterocycles. The highest BCUT2D eigenvalue weighted by atomic mass is 35.5. The molecule has 0 aliphatic carbocycles. The van der Waals surface area contributed by atoms with E-state index in [4.69, 9.17) is 23.2 Å². The van der Waals surface area contributed by atoms with Crippen molar-refractivity contribution in [1.82, 2.24) is 15.1 Å². The summed E-state index contributed by atoms with van der Waals surface area (Å²) >= 11 is 12.4. The number of rotatable bonds is 10. The van der Waals surface area contributed by atoms with Crippen LogP contribution in [0.2, 0.25) is 10.0 Å². The van der Waals surface area contributed by atoms with Gasteiger partial charge in [0.05, 0.1) is 26.9 Å². The molecular weight excluding hydrogens is 593 g/mol. The first kappa shape index (κ1) is 32.6. The first-order chi connectivity index (χ1) is 18.5. The molecule has 40 heavy (non-hydrogen) atoms. The molecule has 1 unspecified atom stereocenters. The van der Waals surface area contributed by atoms with Crippen LogP contribution in [-0.2, 0) is 32.8 Å². The molecule has 222 valence electrons. The number of hydrogen-bond acceptors (Lipinski definition) is 5. The Labute approximate surface area is 242 Å². The number of nitrogens with zero attached hydrogens (tertiary/aromatic N) is 2. The van der Waals surface area contributed by atoms with Gasteiger partial charge in [-0.2, -0.15) is 13.2 Å². The lowest BCUT2D eigenvalue weighted by molar-refractivity contribution is -0.140. The Bertz CT molecular complexity index is 1320. The molecule has 1 aliphatic heterocycles. The van der Waals surface area contributed by atoms with Crippen molar-refractivity contribution in [3.8, 4) is 0 Å². The van der Waals surface area contributed by atoms with Gasteiger partial charge in [0, 0.05) is 25.9 Å². The van der Waals surface area contributed by atoms with E-state index in [0.29, 0.717) is 42.7 Å². The molecule has 1 amide bonds. The fourth-order valence-electron chi connectivity index (χ4n) is 4.88. The van der Waals surface area contributed by atoms with Crippen LogP contribution in [-0.4, -0.2) is 69.0 Å². The van der Waals surface area contributed by atoms with E-state index in [9.17, 15) is 30.8 Å². The molecule has 0 aromatic heterocycles. The number of sulfone groups is 1. The molecule has 1 saturated heterocycles. The molecule has 0 spiro atoms. The Hall–Kier alpha value is -1.92. The quantitative estimate of drug-likeness (QED) is 0.353. The number of benzene rings is 2. The topological polar surface area (TPSA) is 69.7 Å². The Morgan fingerprint density at radius 3 is 2.30 bits per heavy atom. The highest BCUT2D eigenvalue weighted by Crippen LogP contribution is 2.36. The van der Waals surface area contributed by atoms with E-state index < -0.39 is 32.8 Å². The summed E-state index contributed by atoms with van der Waals surface area (Å²) in [5.41, 5.74) is -1.58. The molecule has 3 rings (SSSR count). The van der Waals surface area contributed by atoms with E-state index in [1.807, 2.05) is 0 Å². The van der Waals surface area contributed by atoms with Gasteiger partial charge in [-0.1, -0.05) is 35.3 Å². The maximum atomic E-state index is 14.1. The van der Waals surface area contributed by atoms with E-state index in [1.54, 1.807) is 25.1 Å². The number of carbonyl (C=O) groups excluding carboxylic acids is 1. The van der Waals surface area contributed by atoms with Crippen LogP contribution < -0.4 is 5.32 Å². The van der Waals surface area contributed by atoms with Gasteiger partial charge in [0.1, 0.15) is 5.82 Å². The molecule has 1 fully saturated rings. The van der Waals surface area contributed by atoms with Gasteiger partial charge in [-0.05, 0) is 81.2 Å². The number of amides is 1. The summed E-state index contributed by atoms with van der Waals surface area (Å²) in [6, 6.07) is 7.68. The van der Waals surface area contributed by atoms with Gasteiger partial charge < -0.3 is 15.1 Å². The number of likely N-dealkylation sites (tertiary alicyclic amines) is 1. The highest BCUT2D eigenvalue weighted by Gasteiger charge is 2.39. The number of likely N-dealkylation sites (N-methyl/N-ethyl adjacent to an activating group) is 1. The van der Waals surface area contributed by atoms with Gasteiger partial charge in [0.25, 0.3) is 0 Å². The lowest BCUT2D eigenvalue weighted by atomic mass is 9.77. The number of piperidine rings is 1. The van der Waals surface area contributed by atoms with Crippen LogP contribution in [0.15, 0.2) is 36.4 Å². The van der Waals surface area contributed by atoms with Crippen molar-refractivity contribution < 1.29 is 30.8 Å². The minimum absolute atomic E-state index is 0.0727. The first-order valence-corrected chi connectivity index (χ1v) is 15.5. The van der Waals surface area contributed by atoms with Crippen LogP contribution >= 0.6 is 23.2 Å². The van der Waals surface area contributed by atoms with Crippen molar-refractivity contribution in [2.45, 2.75) is 50.4 Å². The molecular formula is C27H33Cl2F4N3O3S. The zero-order valence-electron chi connectivity index (χ0n) is 22.5. The van der Waals surface area contributed by atoms with Gasteiger partial charge >= 0.3 is 6.18 Å². The van der Waals surface area contributed by atoms with E-state index in [-0.39, 0.29) is 35.0 Å². The second-order valence-corrected chi connectivity index (χ2v) is 13.5. The molecule has 0 radical (unpaired) electrons. The zero-order chi connectivity index (χ0) is 29.9. The predicted octanol–water partition coefficient (Wildman–Crippen LogP) is 5.51. The van der Waals surface area contributed by atoms with Crippen molar-refractivity contribution in [1.29, 1.82) is 0 Å². The standard InChI is InChI=1S/C27H33Cl2F4N3O3S/c1-26(19-5-7-22(28)23(29)15-19,10-13-36-11-8-20(9-12-36)34-17-40(3,38)39)25(37)35(2)16-18-4-6-21(24(30)14-18)27(31,32)33/h4-7,14-15,20,34H,8-13,16-17H2,1-3H3. The smallest absolute Gasteiger partial charge is 0.341 e. The third-order valence-corrected chi connectivity index (χ3v) is 8.71. The largest absolute Gasteiger partial charge is 0.419 e. The minimum atomic E-state index is -4.81. The van der Waals surface area contributed by atoms with Gasteiger partial charge in [0.15, 0.2) is 9.84 Å². The maximum Gasteiger partial charge on any atom is 0.419 e. The minimum Gasteiger partial charge on any atom is -0.341 e. The van der Waals surface area contributed by atoms with Crippen LogP contribution in [0, 0.1) is 5.82 Å².